The number of hydrogen-bond donors (Lipinski definition) is 0. The number of aromatic nitrogens is 2. The zero-order valence-corrected chi connectivity index (χ0v) is 13.2. The van der Waals surface area contributed by atoms with E-state index in [2.05, 4.69) is 36.6 Å². The summed E-state index contributed by atoms with van der Waals surface area (Å²) in [6.45, 7) is 4.50. The summed E-state index contributed by atoms with van der Waals surface area (Å²) in [5.41, 5.74) is 3.61. The minimum absolute atomic E-state index is 0.497. The molecule has 1 aliphatic rings. The van der Waals surface area contributed by atoms with E-state index < -0.39 is 0 Å². The van der Waals surface area contributed by atoms with E-state index >= 15 is 0 Å². The van der Waals surface area contributed by atoms with Gasteiger partial charge in [-0.2, -0.15) is 0 Å². The lowest BCUT2D eigenvalue weighted by Gasteiger charge is -2.25. The molecule has 2 unspecified atom stereocenters. The summed E-state index contributed by atoms with van der Waals surface area (Å²) >= 11 is 6.17. The second kappa shape index (κ2) is 5.77. The van der Waals surface area contributed by atoms with Crippen LogP contribution in [0.25, 0.3) is 11.0 Å². The summed E-state index contributed by atoms with van der Waals surface area (Å²) in [6.07, 6.45) is 6.62. The van der Waals surface area contributed by atoms with Crippen molar-refractivity contribution < 1.29 is 0 Å². The molecule has 1 aromatic heterocycles. The Morgan fingerprint density at radius 3 is 2.85 bits per heavy atom. The van der Waals surface area contributed by atoms with Crippen molar-refractivity contribution in [3.05, 3.63) is 29.6 Å². The first-order valence-corrected chi connectivity index (χ1v) is 8.27. The van der Waals surface area contributed by atoms with Crippen molar-refractivity contribution in [1.82, 2.24) is 9.55 Å². The lowest BCUT2D eigenvalue weighted by Crippen LogP contribution is -2.18. The summed E-state index contributed by atoms with van der Waals surface area (Å²) in [7, 11) is 0. The van der Waals surface area contributed by atoms with Gasteiger partial charge in [0.15, 0.2) is 0 Å². The van der Waals surface area contributed by atoms with Crippen molar-refractivity contribution >= 4 is 22.6 Å². The minimum atomic E-state index is 0.497. The predicted molar refractivity (Wildman–Crippen MR) is 85.3 cm³/mol. The van der Waals surface area contributed by atoms with Crippen LogP contribution < -0.4 is 0 Å². The number of rotatable bonds is 2. The Morgan fingerprint density at radius 2 is 2.05 bits per heavy atom. The number of alkyl halides is 1. The van der Waals surface area contributed by atoms with E-state index in [1.807, 2.05) is 0 Å². The van der Waals surface area contributed by atoms with Crippen LogP contribution >= 0.6 is 11.6 Å². The van der Waals surface area contributed by atoms with E-state index in [9.17, 15) is 0 Å². The zero-order valence-electron chi connectivity index (χ0n) is 12.4. The predicted octanol–water partition coefficient (Wildman–Crippen LogP) is 5.22. The van der Waals surface area contributed by atoms with Crippen molar-refractivity contribution in [2.24, 2.45) is 5.92 Å². The van der Waals surface area contributed by atoms with E-state index in [0.29, 0.717) is 17.8 Å². The highest BCUT2D eigenvalue weighted by Gasteiger charge is 2.25. The van der Waals surface area contributed by atoms with Gasteiger partial charge in [0.2, 0.25) is 0 Å². The Morgan fingerprint density at radius 1 is 1.25 bits per heavy atom. The molecular weight excluding hydrogens is 268 g/mol. The summed E-state index contributed by atoms with van der Waals surface area (Å²) in [6, 6.07) is 7.12. The molecule has 0 N–H and O–H groups in total. The van der Waals surface area contributed by atoms with Gasteiger partial charge in [-0.15, -0.1) is 11.6 Å². The Hall–Kier alpha value is -1.02. The van der Waals surface area contributed by atoms with E-state index in [1.165, 1.54) is 43.2 Å². The molecule has 0 bridgehead atoms. The number of nitrogens with zero attached hydrogens (tertiary/aromatic N) is 2. The Labute approximate surface area is 126 Å². The maximum Gasteiger partial charge on any atom is 0.125 e. The standard InChI is InChI=1S/C17H23ClN2/c1-12-8-9-16-14(10-12)19-17(11-18)20(16)15-7-5-3-4-6-13(15)2/h8-10,13,15H,3-7,11H2,1-2H3. The van der Waals surface area contributed by atoms with Gasteiger partial charge < -0.3 is 4.57 Å². The van der Waals surface area contributed by atoms with Crippen molar-refractivity contribution in [1.29, 1.82) is 0 Å². The molecule has 0 amide bonds. The first-order valence-electron chi connectivity index (χ1n) is 7.74. The molecule has 3 heteroatoms. The lowest BCUT2D eigenvalue weighted by molar-refractivity contribution is 0.335. The molecule has 3 rings (SSSR count). The molecule has 0 aliphatic heterocycles. The largest absolute Gasteiger partial charge is 0.324 e. The number of imidazole rings is 1. The van der Waals surface area contributed by atoms with Gasteiger partial charge in [-0.05, 0) is 43.4 Å². The summed E-state index contributed by atoms with van der Waals surface area (Å²) in [5.74, 6) is 2.24. The number of aryl methyl sites for hydroxylation is 1. The fourth-order valence-corrected chi connectivity index (χ4v) is 3.77. The van der Waals surface area contributed by atoms with Crippen molar-refractivity contribution in [3.63, 3.8) is 0 Å². The van der Waals surface area contributed by atoms with Gasteiger partial charge in [0, 0.05) is 6.04 Å². The van der Waals surface area contributed by atoms with E-state index in [4.69, 9.17) is 16.6 Å². The average molecular weight is 291 g/mol. The molecule has 1 aliphatic carbocycles. The van der Waals surface area contributed by atoms with Gasteiger partial charge in [-0.1, -0.05) is 32.3 Å². The topological polar surface area (TPSA) is 17.8 Å². The molecule has 2 aromatic rings. The highest BCUT2D eigenvalue weighted by atomic mass is 35.5. The van der Waals surface area contributed by atoms with Gasteiger partial charge in [0.05, 0.1) is 16.9 Å². The third kappa shape index (κ3) is 2.46. The van der Waals surface area contributed by atoms with Crippen LogP contribution in [0, 0.1) is 12.8 Å². The first kappa shape index (κ1) is 13.9. The van der Waals surface area contributed by atoms with Crippen LogP contribution in [-0.4, -0.2) is 9.55 Å². The van der Waals surface area contributed by atoms with E-state index in [0.717, 1.165) is 11.3 Å². The normalized spacial score (nSPS) is 23.9. The molecular formula is C17H23ClN2. The molecule has 1 fully saturated rings. The molecule has 108 valence electrons. The third-order valence-corrected chi connectivity index (χ3v) is 4.92. The molecule has 2 nitrogen and oxygen atoms in total. The SMILES string of the molecule is Cc1ccc2c(c1)nc(CCl)n2C1CCCCCC1C. The van der Waals surface area contributed by atoms with Gasteiger partial charge >= 0.3 is 0 Å². The highest BCUT2D eigenvalue weighted by Crippen LogP contribution is 2.36. The monoisotopic (exact) mass is 290 g/mol. The Balaban J connectivity index is 2.12. The van der Waals surface area contributed by atoms with Gasteiger partial charge in [0.1, 0.15) is 5.82 Å². The molecule has 2 atom stereocenters. The van der Waals surface area contributed by atoms with Crippen LogP contribution in [0.15, 0.2) is 18.2 Å². The molecule has 1 aromatic carbocycles. The second-order valence-electron chi connectivity index (χ2n) is 6.21. The fraction of sp³-hybridized carbons (Fsp3) is 0.588. The van der Waals surface area contributed by atoms with Crippen LogP contribution in [0.2, 0.25) is 0 Å². The molecule has 1 heterocycles. The quantitative estimate of drug-likeness (QED) is 0.547. The van der Waals surface area contributed by atoms with Crippen molar-refractivity contribution in [2.45, 2.75) is 57.9 Å². The molecule has 20 heavy (non-hydrogen) atoms. The maximum absolute atomic E-state index is 6.17. The van der Waals surface area contributed by atoms with Crippen LogP contribution in [-0.2, 0) is 5.88 Å². The minimum Gasteiger partial charge on any atom is -0.324 e. The summed E-state index contributed by atoms with van der Waals surface area (Å²) in [4.78, 5) is 4.76. The summed E-state index contributed by atoms with van der Waals surface area (Å²) < 4.78 is 2.43. The molecule has 0 saturated heterocycles. The van der Waals surface area contributed by atoms with Crippen molar-refractivity contribution in [3.8, 4) is 0 Å². The second-order valence-corrected chi connectivity index (χ2v) is 6.47. The Bertz CT molecular complexity index is 602. The molecule has 0 radical (unpaired) electrons. The maximum atomic E-state index is 6.17. The average Bonchev–Trinajstić information content (AvgIpc) is 2.66. The van der Waals surface area contributed by atoms with E-state index in [-0.39, 0.29) is 0 Å². The third-order valence-electron chi connectivity index (χ3n) is 4.69. The van der Waals surface area contributed by atoms with Gasteiger partial charge in [-0.3, -0.25) is 0 Å². The fourth-order valence-electron chi connectivity index (χ4n) is 3.58. The summed E-state index contributed by atoms with van der Waals surface area (Å²) in [5, 5.41) is 0. The highest BCUT2D eigenvalue weighted by molar-refractivity contribution is 6.16. The number of hydrogen-bond acceptors (Lipinski definition) is 1. The van der Waals surface area contributed by atoms with E-state index in [1.54, 1.807) is 0 Å². The molecule has 0 spiro atoms. The number of benzene rings is 1. The van der Waals surface area contributed by atoms with Crippen LogP contribution in [0.5, 0.6) is 0 Å². The van der Waals surface area contributed by atoms with Gasteiger partial charge in [-0.25, -0.2) is 4.98 Å². The van der Waals surface area contributed by atoms with Crippen LogP contribution in [0.4, 0.5) is 0 Å². The zero-order chi connectivity index (χ0) is 14.1. The number of fused-ring (bicyclic) bond motifs is 1. The molecule has 1 saturated carbocycles. The first-order chi connectivity index (χ1) is 9.70. The number of halogens is 1. The Kier molecular flexibility index (Phi) is 4.02. The van der Waals surface area contributed by atoms with Crippen LogP contribution in [0.3, 0.4) is 0 Å². The van der Waals surface area contributed by atoms with Crippen molar-refractivity contribution in [2.75, 3.05) is 0 Å². The lowest BCUT2D eigenvalue weighted by atomic mass is 9.96. The van der Waals surface area contributed by atoms with Gasteiger partial charge in [0.25, 0.3) is 0 Å². The van der Waals surface area contributed by atoms with Crippen LogP contribution in [0.1, 0.15) is 56.5 Å². The smallest absolute Gasteiger partial charge is 0.125 e.